The van der Waals surface area contributed by atoms with Gasteiger partial charge < -0.3 is 10.4 Å². The van der Waals surface area contributed by atoms with Gasteiger partial charge in [-0.1, -0.05) is 12.1 Å². The number of carbonyl (C=O) groups is 1. The Bertz CT molecular complexity index is 469. The minimum absolute atomic E-state index is 0. The SMILES string of the molecule is Cl.O=C(O)C1(Cc2ccc([N+](=O)[O-])cc2)CCCN1. The number of nitrogens with zero attached hydrogens (tertiary/aromatic N) is 1. The van der Waals surface area contributed by atoms with E-state index in [2.05, 4.69) is 5.32 Å². The van der Waals surface area contributed by atoms with Crippen LogP contribution in [0.4, 0.5) is 5.69 Å². The van der Waals surface area contributed by atoms with E-state index in [0.29, 0.717) is 19.4 Å². The number of nitrogens with one attached hydrogen (secondary N) is 1. The van der Waals surface area contributed by atoms with Crippen molar-refractivity contribution in [2.24, 2.45) is 0 Å². The van der Waals surface area contributed by atoms with Gasteiger partial charge in [0.2, 0.25) is 0 Å². The van der Waals surface area contributed by atoms with Crippen LogP contribution in [-0.4, -0.2) is 28.1 Å². The first kappa shape index (κ1) is 15.4. The number of rotatable bonds is 4. The molecule has 1 fully saturated rings. The Hall–Kier alpha value is -1.66. The predicted molar refractivity (Wildman–Crippen MR) is 71.7 cm³/mol. The average molecular weight is 287 g/mol. The third kappa shape index (κ3) is 3.21. The van der Waals surface area contributed by atoms with Crippen molar-refractivity contribution >= 4 is 24.1 Å². The molecule has 1 saturated heterocycles. The Balaban J connectivity index is 0.00000180. The molecule has 0 bridgehead atoms. The van der Waals surface area contributed by atoms with Crippen LogP contribution in [0.5, 0.6) is 0 Å². The molecule has 2 N–H and O–H groups in total. The molecule has 0 amide bonds. The lowest BCUT2D eigenvalue weighted by molar-refractivity contribution is -0.384. The van der Waals surface area contributed by atoms with Gasteiger partial charge in [-0.25, -0.2) is 0 Å². The van der Waals surface area contributed by atoms with Gasteiger partial charge in [-0.3, -0.25) is 14.9 Å². The first-order valence-electron chi connectivity index (χ1n) is 5.75. The number of benzene rings is 1. The zero-order valence-corrected chi connectivity index (χ0v) is 11.0. The number of hydrogen-bond acceptors (Lipinski definition) is 4. The standard InChI is InChI=1S/C12H14N2O4.ClH/c15-11(16)12(6-1-7-13-12)8-9-2-4-10(5-3-9)14(17)18;/h2-5,13H,1,6-8H2,(H,15,16);1H. The molecule has 1 atom stereocenters. The fourth-order valence-electron chi connectivity index (χ4n) is 2.30. The van der Waals surface area contributed by atoms with Crippen molar-refractivity contribution < 1.29 is 14.8 Å². The van der Waals surface area contributed by atoms with Crippen molar-refractivity contribution in [1.82, 2.24) is 5.32 Å². The third-order valence-electron chi connectivity index (χ3n) is 3.31. The summed E-state index contributed by atoms with van der Waals surface area (Å²) >= 11 is 0. The van der Waals surface area contributed by atoms with Crippen LogP contribution < -0.4 is 5.32 Å². The molecular formula is C12H15ClN2O4. The molecule has 7 heteroatoms. The Morgan fingerprint density at radius 1 is 1.42 bits per heavy atom. The van der Waals surface area contributed by atoms with Gasteiger partial charge in [-0.2, -0.15) is 0 Å². The van der Waals surface area contributed by atoms with Crippen LogP contribution in [0.15, 0.2) is 24.3 Å². The summed E-state index contributed by atoms with van der Waals surface area (Å²) in [5.74, 6) is -0.863. The molecule has 1 unspecified atom stereocenters. The average Bonchev–Trinajstić information content (AvgIpc) is 2.79. The van der Waals surface area contributed by atoms with E-state index in [1.165, 1.54) is 12.1 Å². The molecule has 0 spiro atoms. The molecular weight excluding hydrogens is 272 g/mol. The molecule has 1 aromatic rings. The summed E-state index contributed by atoms with van der Waals surface area (Å²) in [7, 11) is 0. The molecule has 1 heterocycles. The molecule has 0 aliphatic carbocycles. The van der Waals surface area contributed by atoms with E-state index in [-0.39, 0.29) is 18.1 Å². The lowest BCUT2D eigenvalue weighted by Crippen LogP contribution is -2.49. The monoisotopic (exact) mass is 286 g/mol. The second-order valence-corrected chi connectivity index (χ2v) is 4.52. The Labute approximate surface area is 116 Å². The van der Waals surface area contributed by atoms with E-state index in [9.17, 15) is 20.0 Å². The van der Waals surface area contributed by atoms with Gasteiger partial charge >= 0.3 is 5.97 Å². The molecule has 104 valence electrons. The molecule has 1 aliphatic heterocycles. The summed E-state index contributed by atoms with van der Waals surface area (Å²) < 4.78 is 0. The van der Waals surface area contributed by atoms with E-state index >= 15 is 0 Å². The fourth-order valence-corrected chi connectivity index (χ4v) is 2.30. The minimum Gasteiger partial charge on any atom is -0.480 e. The van der Waals surface area contributed by atoms with Crippen LogP contribution in [0.2, 0.25) is 0 Å². The van der Waals surface area contributed by atoms with E-state index in [1.54, 1.807) is 12.1 Å². The smallest absolute Gasteiger partial charge is 0.324 e. The highest BCUT2D eigenvalue weighted by atomic mass is 35.5. The van der Waals surface area contributed by atoms with Gasteiger partial charge in [0.1, 0.15) is 5.54 Å². The van der Waals surface area contributed by atoms with Crippen molar-refractivity contribution in [1.29, 1.82) is 0 Å². The number of nitro groups is 1. The van der Waals surface area contributed by atoms with Crippen molar-refractivity contribution in [3.05, 3.63) is 39.9 Å². The van der Waals surface area contributed by atoms with Crippen LogP contribution in [0.3, 0.4) is 0 Å². The highest BCUT2D eigenvalue weighted by Gasteiger charge is 2.40. The van der Waals surface area contributed by atoms with Gasteiger partial charge in [-0.05, 0) is 24.9 Å². The van der Waals surface area contributed by atoms with Crippen molar-refractivity contribution in [3.8, 4) is 0 Å². The number of carboxylic acid groups (broad SMARTS) is 1. The maximum Gasteiger partial charge on any atom is 0.324 e. The van der Waals surface area contributed by atoms with Crippen LogP contribution >= 0.6 is 12.4 Å². The van der Waals surface area contributed by atoms with Crippen molar-refractivity contribution in [3.63, 3.8) is 0 Å². The highest BCUT2D eigenvalue weighted by Crippen LogP contribution is 2.25. The topological polar surface area (TPSA) is 92.5 Å². The van der Waals surface area contributed by atoms with Gasteiger partial charge in [0.15, 0.2) is 0 Å². The van der Waals surface area contributed by atoms with Gasteiger partial charge in [-0.15, -0.1) is 12.4 Å². The van der Waals surface area contributed by atoms with Crippen molar-refractivity contribution in [2.45, 2.75) is 24.8 Å². The Kier molecular flexibility index (Phi) is 4.85. The Morgan fingerprint density at radius 3 is 2.47 bits per heavy atom. The highest BCUT2D eigenvalue weighted by molar-refractivity contribution is 5.85. The molecule has 6 nitrogen and oxygen atoms in total. The molecule has 1 aromatic carbocycles. The van der Waals surface area contributed by atoms with Gasteiger partial charge in [0.05, 0.1) is 4.92 Å². The third-order valence-corrected chi connectivity index (χ3v) is 3.31. The van der Waals surface area contributed by atoms with Crippen molar-refractivity contribution in [2.75, 3.05) is 6.54 Å². The zero-order valence-electron chi connectivity index (χ0n) is 10.2. The normalized spacial score (nSPS) is 21.7. The summed E-state index contributed by atoms with van der Waals surface area (Å²) in [5, 5.41) is 22.8. The Morgan fingerprint density at radius 2 is 2.05 bits per heavy atom. The molecule has 2 rings (SSSR count). The zero-order chi connectivity index (χ0) is 13.2. The van der Waals surface area contributed by atoms with E-state index in [4.69, 9.17) is 0 Å². The summed E-state index contributed by atoms with van der Waals surface area (Å²) in [6.07, 6.45) is 1.76. The van der Waals surface area contributed by atoms with E-state index in [1.807, 2.05) is 0 Å². The number of aliphatic carboxylic acids is 1. The van der Waals surface area contributed by atoms with Gasteiger partial charge in [0.25, 0.3) is 5.69 Å². The van der Waals surface area contributed by atoms with E-state index in [0.717, 1.165) is 12.0 Å². The van der Waals surface area contributed by atoms with Crippen LogP contribution in [0.25, 0.3) is 0 Å². The first-order valence-corrected chi connectivity index (χ1v) is 5.75. The first-order chi connectivity index (χ1) is 8.53. The summed E-state index contributed by atoms with van der Waals surface area (Å²) in [5.41, 5.74) is -0.115. The lowest BCUT2D eigenvalue weighted by Gasteiger charge is -2.24. The maximum absolute atomic E-state index is 11.3. The molecule has 1 aliphatic rings. The van der Waals surface area contributed by atoms with Crippen LogP contribution in [0.1, 0.15) is 18.4 Å². The summed E-state index contributed by atoms with van der Waals surface area (Å²) in [6, 6.07) is 6.03. The predicted octanol–water partition coefficient (Wildman–Crippen LogP) is 1.77. The number of hydrogen-bond donors (Lipinski definition) is 2. The van der Waals surface area contributed by atoms with Crippen LogP contribution in [-0.2, 0) is 11.2 Å². The number of nitro benzene ring substituents is 1. The number of non-ortho nitro benzene ring substituents is 1. The van der Waals surface area contributed by atoms with Gasteiger partial charge in [0, 0.05) is 18.6 Å². The second kappa shape index (κ2) is 5.99. The summed E-state index contributed by atoms with van der Waals surface area (Å²) in [6.45, 7) is 0.694. The van der Waals surface area contributed by atoms with Crippen LogP contribution in [0, 0.1) is 10.1 Å². The lowest BCUT2D eigenvalue weighted by atomic mass is 9.89. The largest absolute Gasteiger partial charge is 0.480 e. The molecule has 0 aromatic heterocycles. The minimum atomic E-state index is -0.921. The quantitative estimate of drug-likeness (QED) is 0.650. The molecule has 0 saturated carbocycles. The molecule has 0 radical (unpaired) electrons. The fraction of sp³-hybridized carbons (Fsp3) is 0.417. The van der Waals surface area contributed by atoms with E-state index < -0.39 is 16.4 Å². The maximum atomic E-state index is 11.3. The second-order valence-electron chi connectivity index (χ2n) is 4.52. The summed E-state index contributed by atoms with van der Waals surface area (Å²) in [4.78, 5) is 21.4. The molecule has 19 heavy (non-hydrogen) atoms. The number of halogens is 1. The number of carboxylic acids is 1.